The molecular weight excluding hydrogens is 449 g/mol. The smallest absolute Gasteiger partial charge is 0.433 e. The number of nitrogens with one attached hydrogen (secondary N) is 1. The van der Waals surface area contributed by atoms with E-state index in [1.165, 1.54) is 0 Å². The van der Waals surface area contributed by atoms with Gasteiger partial charge in [-0.1, -0.05) is 0 Å². The van der Waals surface area contributed by atoms with Crippen LogP contribution in [0.4, 0.5) is 22.0 Å². The van der Waals surface area contributed by atoms with Gasteiger partial charge in [0.15, 0.2) is 5.69 Å². The van der Waals surface area contributed by atoms with E-state index in [0.29, 0.717) is 48.6 Å². The molecule has 1 N–H and O–H groups in total. The average Bonchev–Trinajstić information content (AvgIpc) is 3.34. The molecule has 3 aromatic heterocycles. The summed E-state index contributed by atoms with van der Waals surface area (Å²) in [6.07, 6.45) is 0.487. The van der Waals surface area contributed by atoms with Crippen LogP contribution in [0, 0.1) is 0 Å². The van der Waals surface area contributed by atoms with Gasteiger partial charge in [0.2, 0.25) is 5.89 Å². The van der Waals surface area contributed by atoms with Crippen molar-refractivity contribution < 1.29 is 31.2 Å². The lowest BCUT2D eigenvalue weighted by atomic mass is 9.96. The van der Waals surface area contributed by atoms with Crippen molar-refractivity contribution in [2.45, 2.75) is 56.8 Å². The Morgan fingerprint density at radius 1 is 1.21 bits per heavy atom. The number of rotatable bonds is 5. The summed E-state index contributed by atoms with van der Waals surface area (Å²) in [5.74, 6) is 0.380. The van der Waals surface area contributed by atoms with Crippen molar-refractivity contribution in [3.05, 3.63) is 52.9 Å². The van der Waals surface area contributed by atoms with Gasteiger partial charge < -0.3 is 9.73 Å². The molecule has 0 radical (unpaired) electrons. The molecular formula is C21H18F5N5O2. The van der Waals surface area contributed by atoms with Crippen molar-refractivity contribution in [3.63, 3.8) is 0 Å². The predicted octanol–water partition coefficient (Wildman–Crippen LogP) is 5.03. The number of halogens is 5. The summed E-state index contributed by atoms with van der Waals surface area (Å²) in [5.41, 5.74) is -0.263. The highest BCUT2D eigenvalue weighted by molar-refractivity contribution is 5.92. The molecule has 0 bridgehead atoms. The maximum Gasteiger partial charge on any atom is 0.433 e. The molecule has 1 atom stereocenters. The van der Waals surface area contributed by atoms with Crippen molar-refractivity contribution in [1.82, 2.24) is 25.1 Å². The van der Waals surface area contributed by atoms with E-state index in [0.717, 1.165) is 24.1 Å². The molecule has 1 saturated carbocycles. The van der Waals surface area contributed by atoms with Gasteiger partial charge in [-0.25, -0.2) is 4.98 Å². The molecule has 0 saturated heterocycles. The Morgan fingerprint density at radius 2 is 2.00 bits per heavy atom. The largest absolute Gasteiger partial charge is 0.441 e. The SMILES string of the molecule is O=C(NC1CCCc2oc(-c3ccnc(C4CC4)c3)nc21)c1cc(C(F)(F)F)n(C(F)F)n1. The first-order valence-electron chi connectivity index (χ1n) is 10.4. The van der Waals surface area contributed by atoms with E-state index in [1.54, 1.807) is 12.3 Å². The van der Waals surface area contributed by atoms with E-state index in [1.807, 2.05) is 6.07 Å². The van der Waals surface area contributed by atoms with E-state index >= 15 is 0 Å². The minimum Gasteiger partial charge on any atom is -0.441 e. The predicted molar refractivity (Wildman–Crippen MR) is 103 cm³/mol. The minimum atomic E-state index is -5.08. The van der Waals surface area contributed by atoms with Crippen LogP contribution in [0.15, 0.2) is 28.8 Å². The van der Waals surface area contributed by atoms with Crippen LogP contribution >= 0.6 is 0 Å². The molecule has 3 aromatic rings. The van der Waals surface area contributed by atoms with Crippen molar-refractivity contribution in [2.24, 2.45) is 0 Å². The molecule has 12 heteroatoms. The van der Waals surface area contributed by atoms with E-state index in [2.05, 4.69) is 20.4 Å². The van der Waals surface area contributed by atoms with E-state index in [4.69, 9.17) is 4.42 Å². The Labute approximate surface area is 184 Å². The lowest BCUT2D eigenvalue weighted by Gasteiger charge is -2.20. The summed E-state index contributed by atoms with van der Waals surface area (Å²) in [7, 11) is 0. The molecule has 0 aromatic carbocycles. The second-order valence-corrected chi connectivity index (χ2v) is 8.12. The van der Waals surface area contributed by atoms with Crippen LogP contribution in [-0.2, 0) is 12.6 Å². The Kier molecular flexibility index (Phi) is 5.17. The standard InChI is InChI=1S/C21H18F5N5O2/c22-20(23)31-16(21(24,25)26)9-14(30-31)18(32)28-12-2-1-3-15-17(12)29-19(33-15)11-6-7-27-13(8-11)10-4-5-10/h6-10,12,20H,1-5H2,(H,28,32). The molecule has 0 spiro atoms. The lowest BCUT2D eigenvalue weighted by molar-refractivity contribution is -0.149. The number of hydrogen-bond donors (Lipinski definition) is 1. The Morgan fingerprint density at radius 3 is 2.67 bits per heavy atom. The second kappa shape index (κ2) is 7.92. The summed E-state index contributed by atoms with van der Waals surface area (Å²) in [6, 6.07) is 3.36. The number of amides is 1. The molecule has 1 amide bonds. The summed E-state index contributed by atoms with van der Waals surface area (Å²) < 4.78 is 70.5. The highest BCUT2D eigenvalue weighted by atomic mass is 19.4. The third-order valence-electron chi connectivity index (χ3n) is 5.73. The van der Waals surface area contributed by atoms with Crippen LogP contribution in [0.25, 0.3) is 11.5 Å². The van der Waals surface area contributed by atoms with Crippen molar-refractivity contribution >= 4 is 5.91 Å². The monoisotopic (exact) mass is 467 g/mol. The first-order valence-corrected chi connectivity index (χ1v) is 10.4. The third kappa shape index (κ3) is 4.21. The fraction of sp³-hybridized carbons (Fsp3) is 0.429. The fourth-order valence-electron chi connectivity index (χ4n) is 3.96. The van der Waals surface area contributed by atoms with Crippen LogP contribution in [0.1, 0.15) is 77.5 Å². The fourth-order valence-corrected chi connectivity index (χ4v) is 3.96. The summed E-state index contributed by atoms with van der Waals surface area (Å²) >= 11 is 0. The lowest BCUT2D eigenvalue weighted by Crippen LogP contribution is -2.31. The maximum atomic E-state index is 13.0. The average molecular weight is 467 g/mol. The topological polar surface area (TPSA) is 85.8 Å². The molecule has 2 aliphatic carbocycles. The Hall–Kier alpha value is -3.31. The molecule has 7 nitrogen and oxygen atoms in total. The quantitative estimate of drug-likeness (QED) is 0.532. The van der Waals surface area contributed by atoms with Gasteiger partial charge in [-0.2, -0.15) is 31.7 Å². The first-order chi connectivity index (χ1) is 15.7. The van der Waals surface area contributed by atoms with Gasteiger partial charge >= 0.3 is 12.7 Å². The number of aromatic nitrogens is 4. The number of hydrogen-bond acceptors (Lipinski definition) is 5. The van der Waals surface area contributed by atoms with Gasteiger partial charge in [-0.3, -0.25) is 9.78 Å². The van der Waals surface area contributed by atoms with E-state index < -0.39 is 40.7 Å². The zero-order chi connectivity index (χ0) is 23.3. The molecule has 2 aliphatic rings. The molecule has 0 aliphatic heterocycles. The molecule has 33 heavy (non-hydrogen) atoms. The normalized spacial score (nSPS) is 18.4. The summed E-state index contributed by atoms with van der Waals surface area (Å²) in [5, 5.41) is 5.73. The minimum absolute atomic E-state index is 0.315. The highest BCUT2D eigenvalue weighted by Crippen LogP contribution is 2.40. The maximum absolute atomic E-state index is 13.0. The number of alkyl halides is 5. The van der Waals surface area contributed by atoms with Gasteiger partial charge in [0.05, 0.1) is 6.04 Å². The van der Waals surface area contributed by atoms with E-state index in [9.17, 15) is 26.7 Å². The van der Waals surface area contributed by atoms with E-state index in [-0.39, 0.29) is 0 Å². The summed E-state index contributed by atoms with van der Waals surface area (Å²) in [4.78, 5) is 21.5. The van der Waals surface area contributed by atoms with Crippen LogP contribution < -0.4 is 5.32 Å². The number of carbonyl (C=O) groups is 1. The van der Waals surface area contributed by atoms with Crippen LogP contribution in [0.2, 0.25) is 0 Å². The summed E-state index contributed by atoms with van der Waals surface area (Å²) in [6.45, 7) is -3.54. The molecule has 1 unspecified atom stereocenters. The molecule has 174 valence electrons. The third-order valence-corrected chi connectivity index (χ3v) is 5.73. The molecule has 1 fully saturated rings. The van der Waals surface area contributed by atoms with Gasteiger partial charge in [-0.05, 0) is 37.8 Å². The second-order valence-electron chi connectivity index (χ2n) is 8.12. The van der Waals surface area contributed by atoms with Gasteiger partial charge in [0, 0.05) is 35.9 Å². The van der Waals surface area contributed by atoms with Gasteiger partial charge in [-0.15, -0.1) is 0 Å². The molecule has 3 heterocycles. The first kappa shape index (κ1) is 21.5. The van der Waals surface area contributed by atoms with Crippen LogP contribution in [0.5, 0.6) is 0 Å². The Bertz CT molecular complexity index is 1200. The number of nitrogens with zero attached hydrogens (tertiary/aromatic N) is 4. The molecule has 5 rings (SSSR count). The number of aryl methyl sites for hydroxylation is 1. The highest BCUT2D eigenvalue weighted by Gasteiger charge is 2.39. The van der Waals surface area contributed by atoms with Crippen molar-refractivity contribution in [3.8, 4) is 11.5 Å². The zero-order valence-corrected chi connectivity index (χ0v) is 17.1. The van der Waals surface area contributed by atoms with Gasteiger partial charge in [0.25, 0.3) is 5.91 Å². The van der Waals surface area contributed by atoms with Crippen molar-refractivity contribution in [2.75, 3.05) is 0 Å². The number of carbonyl (C=O) groups excluding carboxylic acids is 1. The van der Waals surface area contributed by atoms with Crippen molar-refractivity contribution in [1.29, 1.82) is 0 Å². The van der Waals surface area contributed by atoms with Crippen LogP contribution in [0.3, 0.4) is 0 Å². The number of pyridine rings is 1. The number of fused-ring (bicyclic) bond motifs is 1. The van der Waals surface area contributed by atoms with Gasteiger partial charge in [0.1, 0.15) is 17.1 Å². The van der Waals surface area contributed by atoms with Crippen LogP contribution in [-0.4, -0.2) is 25.7 Å². The number of oxazole rings is 1. The zero-order valence-electron chi connectivity index (χ0n) is 17.1. The Balaban J connectivity index is 1.39.